The highest BCUT2D eigenvalue weighted by Gasteiger charge is 2.07. The summed E-state index contributed by atoms with van der Waals surface area (Å²) in [5.41, 5.74) is 0. The summed E-state index contributed by atoms with van der Waals surface area (Å²) in [7, 11) is 0. The first kappa shape index (κ1) is 10.7. The lowest BCUT2D eigenvalue weighted by Crippen LogP contribution is -2.10. The first-order valence-electron chi connectivity index (χ1n) is 2.74. The van der Waals surface area contributed by atoms with E-state index in [-0.39, 0.29) is 12.1 Å². The molecule has 0 aliphatic rings. The maximum atomic E-state index is 10.9. The van der Waals surface area contributed by atoms with Crippen molar-refractivity contribution in [2.75, 3.05) is 0 Å². The fourth-order valence-corrected chi connectivity index (χ4v) is 0.696. The Labute approximate surface area is 87.7 Å². The van der Waals surface area contributed by atoms with Crippen molar-refractivity contribution in [2.24, 2.45) is 0 Å². The largest absolute Gasteiger partial charge is 0.459 e. The molecule has 0 saturated heterocycles. The Morgan fingerprint density at radius 3 is 2.40 bits per heavy atom. The minimum atomic E-state index is -0.245. The van der Waals surface area contributed by atoms with Crippen LogP contribution in [0.15, 0.2) is 7.66 Å². The quantitative estimate of drug-likeness (QED) is 0.427. The topological polar surface area (TPSA) is 26.3 Å². The van der Waals surface area contributed by atoms with E-state index in [1.165, 1.54) is 0 Å². The number of hydrogen-bond acceptors (Lipinski definition) is 2. The molecule has 0 aliphatic carbocycles. The van der Waals surface area contributed by atoms with Gasteiger partial charge in [0.2, 0.25) is 0 Å². The highest BCUT2D eigenvalue weighted by Crippen LogP contribution is 2.11. The molecule has 10 heavy (non-hydrogen) atoms. The SMILES string of the molecule is CC(C)OC(=O)/C(I)=C\I. The van der Waals surface area contributed by atoms with Gasteiger partial charge in [0.15, 0.2) is 0 Å². The van der Waals surface area contributed by atoms with Gasteiger partial charge < -0.3 is 4.74 Å². The van der Waals surface area contributed by atoms with Crippen LogP contribution in [-0.2, 0) is 9.53 Å². The van der Waals surface area contributed by atoms with Gasteiger partial charge in [0, 0.05) is 0 Å². The summed E-state index contributed by atoms with van der Waals surface area (Å²) in [5, 5.41) is 0. The molecule has 0 heterocycles. The smallest absolute Gasteiger partial charge is 0.345 e. The predicted molar refractivity (Wildman–Crippen MR) is 57.4 cm³/mol. The van der Waals surface area contributed by atoms with Gasteiger partial charge in [0.05, 0.1) is 6.10 Å². The van der Waals surface area contributed by atoms with Gasteiger partial charge in [-0.1, -0.05) is 22.6 Å². The number of rotatable bonds is 2. The van der Waals surface area contributed by atoms with E-state index in [1.807, 2.05) is 59.0 Å². The normalized spacial score (nSPS) is 11.9. The number of carbonyl (C=O) groups is 1. The van der Waals surface area contributed by atoms with Crippen LogP contribution >= 0.6 is 45.2 Å². The Kier molecular flexibility index (Phi) is 5.69. The molecule has 0 spiro atoms. The Bertz CT molecular complexity index is 152. The maximum Gasteiger partial charge on any atom is 0.345 e. The van der Waals surface area contributed by atoms with Crippen LogP contribution in [0.3, 0.4) is 0 Å². The summed E-state index contributed by atoms with van der Waals surface area (Å²) < 4.78 is 7.20. The number of hydrogen-bond donors (Lipinski definition) is 0. The first-order chi connectivity index (χ1) is 4.57. The summed E-state index contributed by atoms with van der Waals surface area (Å²) in [6.45, 7) is 3.66. The number of ether oxygens (including phenoxy) is 1. The van der Waals surface area contributed by atoms with Gasteiger partial charge in [0.25, 0.3) is 0 Å². The predicted octanol–water partition coefficient (Wildman–Crippen LogP) is 2.65. The average molecular weight is 366 g/mol. The summed E-state index contributed by atoms with van der Waals surface area (Å²) in [4.78, 5) is 10.9. The van der Waals surface area contributed by atoms with Crippen LogP contribution in [0.25, 0.3) is 0 Å². The molecule has 0 saturated carbocycles. The van der Waals surface area contributed by atoms with E-state index < -0.39 is 0 Å². The Morgan fingerprint density at radius 1 is 1.60 bits per heavy atom. The highest BCUT2D eigenvalue weighted by atomic mass is 127. The molecule has 0 aliphatic heterocycles. The van der Waals surface area contributed by atoms with Gasteiger partial charge in [0.1, 0.15) is 3.58 Å². The minimum Gasteiger partial charge on any atom is -0.459 e. The van der Waals surface area contributed by atoms with Crippen LogP contribution in [0.4, 0.5) is 0 Å². The molecule has 0 N–H and O–H groups in total. The zero-order chi connectivity index (χ0) is 8.15. The van der Waals surface area contributed by atoms with Gasteiger partial charge >= 0.3 is 5.97 Å². The summed E-state index contributed by atoms with van der Waals surface area (Å²) in [6, 6.07) is 0. The molecule has 58 valence electrons. The average Bonchev–Trinajstić information content (AvgIpc) is 1.85. The molecule has 0 unspecified atom stereocenters. The highest BCUT2D eigenvalue weighted by molar-refractivity contribution is 14.1. The third-order valence-electron chi connectivity index (χ3n) is 0.634. The molecule has 0 atom stereocenters. The molecule has 0 aromatic carbocycles. The van der Waals surface area contributed by atoms with Crippen molar-refractivity contribution in [3.8, 4) is 0 Å². The third kappa shape index (κ3) is 4.48. The van der Waals surface area contributed by atoms with E-state index in [0.29, 0.717) is 3.58 Å². The Hall–Kier alpha value is 0.670. The van der Waals surface area contributed by atoms with Crippen molar-refractivity contribution in [1.29, 1.82) is 0 Å². The van der Waals surface area contributed by atoms with Crippen molar-refractivity contribution in [2.45, 2.75) is 20.0 Å². The second-order valence-corrected chi connectivity index (χ2v) is 3.70. The molecule has 0 aromatic heterocycles. The molecular weight excluding hydrogens is 358 g/mol. The molecule has 0 rings (SSSR count). The lowest BCUT2D eigenvalue weighted by molar-refractivity contribution is -0.141. The van der Waals surface area contributed by atoms with Crippen LogP contribution in [0.2, 0.25) is 0 Å². The minimum absolute atomic E-state index is 0.0337. The third-order valence-corrected chi connectivity index (χ3v) is 3.20. The van der Waals surface area contributed by atoms with E-state index >= 15 is 0 Å². The molecule has 0 radical (unpaired) electrons. The number of halogens is 2. The molecule has 0 bridgehead atoms. The second-order valence-electron chi connectivity index (χ2n) is 1.91. The molecular formula is C6H8I2O2. The van der Waals surface area contributed by atoms with Crippen LogP contribution in [0.1, 0.15) is 13.8 Å². The van der Waals surface area contributed by atoms with E-state index in [4.69, 9.17) is 4.74 Å². The van der Waals surface area contributed by atoms with Crippen LogP contribution in [-0.4, -0.2) is 12.1 Å². The van der Waals surface area contributed by atoms with Gasteiger partial charge in [-0.25, -0.2) is 4.79 Å². The van der Waals surface area contributed by atoms with Crippen LogP contribution < -0.4 is 0 Å². The van der Waals surface area contributed by atoms with Gasteiger partial charge in [-0.05, 0) is 40.5 Å². The lowest BCUT2D eigenvalue weighted by atomic mass is 10.5. The van der Waals surface area contributed by atoms with E-state index in [0.717, 1.165) is 0 Å². The monoisotopic (exact) mass is 366 g/mol. The Morgan fingerprint density at radius 2 is 2.10 bits per heavy atom. The van der Waals surface area contributed by atoms with E-state index in [9.17, 15) is 4.79 Å². The number of carbonyl (C=O) groups excluding carboxylic acids is 1. The second kappa shape index (κ2) is 5.34. The molecule has 0 fully saturated rings. The number of esters is 1. The fraction of sp³-hybridized carbons (Fsp3) is 0.500. The van der Waals surface area contributed by atoms with E-state index in [2.05, 4.69) is 0 Å². The maximum absolute atomic E-state index is 10.9. The summed E-state index contributed by atoms with van der Waals surface area (Å²) >= 11 is 3.95. The molecule has 0 amide bonds. The molecule has 4 heteroatoms. The zero-order valence-electron chi connectivity index (χ0n) is 5.73. The molecule has 0 aromatic rings. The standard InChI is InChI=1S/C6H8I2O2/c1-4(2)10-6(9)5(8)3-7/h3-4H,1-2H3/b5-3+. The van der Waals surface area contributed by atoms with Gasteiger partial charge in [-0.15, -0.1) is 0 Å². The van der Waals surface area contributed by atoms with Crippen LogP contribution in [0.5, 0.6) is 0 Å². The molecule has 2 nitrogen and oxygen atoms in total. The summed E-state index contributed by atoms with van der Waals surface area (Å²) in [6.07, 6.45) is -0.0337. The van der Waals surface area contributed by atoms with Crippen molar-refractivity contribution < 1.29 is 9.53 Å². The Balaban J connectivity index is 3.86. The fourth-order valence-electron chi connectivity index (χ4n) is 0.315. The van der Waals surface area contributed by atoms with Crippen molar-refractivity contribution in [1.82, 2.24) is 0 Å². The first-order valence-corrected chi connectivity index (χ1v) is 5.07. The van der Waals surface area contributed by atoms with E-state index in [1.54, 1.807) is 4.08 Å². The van der Waals surface area contributed by atoms with Gasteiger partial charge in [-0.2, -0.15) is 0 Å². The zero-order valence-corrected chi connectivity index (χ0v) is 10.0. The lowest BCUT2D eigenvalue weighted by Gasteiger charge is -2.05. The van der Waals surface area contributed by atoms with Crippen molar-refractivity contribution in [3.63, 3.8) is 0 Å². The summed E-state index contributed by atoms with van der Waals surface area (Å²) in [5.74, 6) is -0.245. The van der Waals surface area contributed by atoms with Gasteiger partial charge in [-0.3, -0.25) is 0 Å². The van der Waals surface area contributed by atoms with Crippen molar-refractivity contribution in [3.05, 3.63) is 7.66 Å². The van der Waals surface area contributed by atoms with Crippen LogP contribution in [0, 0.1) is 0 Å². The van der Waals surface area contributed by atoms with Crippen molar-refractivity contribution >= 4 is 51.2 Å².